The van der Waals surface area contributed by atoms with E-state index in [9.17, 15) is 9.59 Å². The molecule has 1 aromatic rings. The molecule has 1 aromatic heterocycles. The molecule has 0 unspecified atom stereocenters. The molecule has 0 aliphatic carbocycles. The number of amides is 2. The molecule has 1 atom stereocenters. The largest absolute Gasteiger partial charge is 0.444 e. The third-order valence-corrected chi connectivity index (χ3v) is 3.62. The predicted octanol–water partition coefficient (Wildman–Crippen LogP) is 2.49. The van der Waals surface area contributed by atoms with Crippen LogP contribution < -0.4 is 5.32 Å². The Balaban J connectivity index is 1.97. The van der Waals surface area contributed by atoms with Crippen LogP contribution in [0.2, 0.25) is 0 Å². The van der Waals surface area contributed by atoms with Crippen LogP contribution in [0, 0.1) is 0 Å². The number of likely N-dealkylation sites (tertiary alicyclic amines) is 1. The molecule has 1 aliphatic heterocycles. The van der Waals surface area contributed by atoms with Crippen molar-refractivity contribution >= 4 is 12.0 Å². The van der Waals surface area contributed by atoms with Gasteiger partial charge in [0.05, 0.1) is 0 Å². The summed E-state index contributed by atoms with van der Waals surface area (Å²) in [5, 5.41) is 2.89. The Morgan fingerprint density at radius 2 is 2.17 bits per heavy atom. The molecule has 1 saturated heterocycles. The lowest BCUT2D eigenvalue weighted by Crippen LogP contribution is -2.52. The van der Waals surface area contributed by atoms with E-state index in [0.29, 0.717) is 19.5 Å². The van der Waals surface area contributed by atoms with Gasteiger partial charge in [0.25, 0.3) is 0 Å². The summed E-state index contributed by atoms with van der Waals surface area (Å²) in [6.45, 7) is 6.44. The Labute approximate surface area is 137 Å². The van der Waals surface area contributed by atoms with E-state index < -0.39 is 17.7 Å². The average Bonchev–Trinajstić information content (AvgIpc) is 2.52. The molecule has 6 nitrogen and oxygen atoms in total. The van der Waals surface area contributed by atoms with E-state index in [1.807, 2.05) is 32.9 Å². The van der Waals surface area contributed by atoms with Gasteiger partial charge in [0, 0.05) is 25.5 Å². The lowest BCUT2D eigenvalue weighted by molar-refractivity contribution is -0.127. The van der Waals surface area contributed by atoms with E-state index in [-0.39, 0.29) is 5.91 Å². The first-order valence-electron chi connectivity index (χ1n) is 8.03. The number of nitrogens with one attached hydrogen (secondary N) is 1. The SMILES string of the molecule is CC(C)(C)OC(=O)N1CCCC[C@H]1C(=O)NCc1cccnc1. The number of piperidine rings is 1. The molecule has 1 N–H and O–H groups in total. The summed E-state index contributed by atoms with van der Waals surface area (Å²) in [6, 6.07) is 3.27. The Morgan fingerprint density at radius 1 is 1.39 bits per heavy atom. The van der Waals surface area contributed by atoms with Gasteiger partial charge >= 0.3 is 6.09 Å². The lowest BCUT2D eigenvalue weighted by atomic mass is 10.0. The highest BCUT2D eigenvalue weighted by Gasteiger charge is 2.34. The highest BCUT2D eigenvalue weighted by Crippen LogP contribution is 2.20. The van der Waals surface area contributed by atoms with Crippen molar-refractivity contribution in [3.05, 3.63) is 30.1 Å². The summed E-state index contributed by atoms with van der Waals surface area (Å²) in [5.41, 5.74) is 0.367. The minimum absolute atomic E-state index is 0.139. The van der Waals surface area contributed by atoms with E-state index in [1.54, 1.807) is 17.3 Å². The minimum atomic E-state index is -0.564. The standard InChI is InChI=1S/C17H25N3O3/c1-17(2,3)23-16(22)20-10-5-4-8-14(20)15(21)19-12-13-7-6-9-18-11-13/h6-7,9,11,14H,4-5,8,10,12H2,1-3H3,(H,19,21)/t14-/m0/s1. The van der Waals surface area contributed by atoms with Crippen molar-refractivity contribution in [3.63, 3.8) is 0 Å². The molecule has 0 spiro atoms. The van der Waals surface area contributed by atoms with Gasteiger partial charge in [0.2, 0.25) is 5.91 Å². The molecule has 0 aromatic carbocycles. The molecule has 2 heterocycles. The first kappa shape index (κ1) is 17.2. The van der Waals surface area contributed by atoms with Gasteiger partial charge in [0.15, 0.2) is 0 Å². The third kappa shape index (κ3) is 5.23. The van der Waals surface area contributed by atoms with E-state index in [4.69, 9.17) is 4.74 Å². The molecule has 2 rings (SSSR count). The molecule has 6 heteroatoms. The number of rotatable bonds is 3. The molecule has 0 saturated carbocycles. The maximum absolute atomic E-state index is 12.5. The van der Waals surface area contributed by atoms with Crippen molar-refractivity contribution in [2.45, 2.75) is 58.2 Å². The number of carbonyl (C=O) groups is 2. The zero-order valence-corrected chi connectivity index (χ0v) is 14.0. The van der Waals surface area contributed by atoms with Gasteiger partial charge in [-0.25, -0.2) is 4.79 Å². The van der Waals surface area contributed by atoms with E-state index in [2.05, 4.69) is 10.3 Å². The Hall–Kier alpha value is -2.11. The number of aromatic nitrogens is 1. The maximum atomic E-state index is 12.5. The molecule has 23 heavy (non-hydrogen) atoms. The van der Waals surface area contributed by atoms with Crippen LogP contribution >= 0.6 is 0 Å². The number of hydrogen-bond acceptors (Lipinski definition) is 4. The number of carbonyl (C=O) groups excluding carboxylic acids is 2. The number of hydrogen-bond donors (Lipinski definition) is 1. The number of ether oxygens (including phenoxy) is 1. The molecular weight excluding hydrogens is 294 g/mol. The van der Waals surface area contributed by atoms with E-state index >= 15 is 0 Å². The first-order valence-corrected chi connectivity index (χ1v) is 8.03. The molecule has 0 radical (unpaired) electrons. The smallest absolute Gasteiger partial charge is 0.410 e. The molecule has 1 fully saturated rings. The summed E-state index contributed by atoms with van der Waals surface area (Å²) in [7, 11) is 0. The fraction of sp³-hybridized carbons (Fsp3) is 0.588. The zero-order chi connectivity index (χ0) is 16.9. The Morgan fingerprint density at radius 3 is 2.83 bits per heavy atom. The van der Waals surface area contributed by atoms with Crippen LogP contribution in [0.25, 0.3) is 0 Å². The quantitative estimate of drug-likeness (QED) is 0.929. The van der Waals surface area contributed by atoms with Crippen LogP contribution in [-0.2, 0) is 16.1 Å². The summed E-state index contributed by atoms with van der Waals surface area (Å²) in [4.78, 5) is 30.4. The van der Waals surface area contributed by atoms with E-state index in [0.717, 1.165) is 18.4 Å². The fourth-order valence-electron chi connectivity index (χ4n) is 2.55. The van der Waals surface area contributed by atoms with Crippen molar-refractivity contribution in [1.82, 2.24) is 15.2 Å². The van der Waals surface area contributed by atoms with Crippen LogP contribution in [0.4, 0.5) is 4.79 Å². The van der Waals surface area contributed by atoms with E-state index in [1.165, 1.54) is 0 Å². The third-order valence-electron chi connectivity index (χ3n) is 3.62. The van der Waals surface area contributed by atoms with Gasteiger partial charge in [-0.05, 0) is 51.7 Å². The van der Waals surface area contributed by atoms with Crippen molar-refractivity contribution in [1.29, 1.82) is 0 Å². The molecule has 1 aliphatic rings. The van der Waals surface area contributed by atoms with Crippen LogP contribution in [0.3, 0.4) is 0 Å². The van der Waals surface area contributed by atoms with Crippen molar-refractivity contribution in [3.8, 4) is 0 Å². The molecule has 2 amide bonds. The second-order valence-electron chi connectivity index (χ2n) is 6.76. The molecular formula is C17H25N3O3. The van der Waals surface area contributed by atoms with Crippen molar-refractivity contribution in [2.24, 2.45) is 0 Å². The predicted molar refractivity (Wildman–Crippen MR) is 86.7 cm³/mol. The van der Waals surface area contributed by atoms with Crippen LogP contribution in [-0.4, -0.2) is 40.1 Å². The first-order chi connectivity index (χ1) is 10.9. The summed E-state index contributed by atoms with van der Waals surface area (Å²) in [5.74, 6) is -0.139. The van der Waals surface area contributed by atoms with Crippen molar-refractivity contribution < 1.29 is 14.3 Å². The summed E-state index contributed by atoms with van der Waals surface area (Å²) in [6.07, 6.45) is 5.48. The van der Waals surface area contributed by atoms with Gasteiger partial charge in [0.1, 0.15) is 11.6 Å². The zero-order valence-electron chi connectivity index (χ0n) is 14.0. The van der Waals surface area contributed by atoms with Crippen LogP contribution in [0.15, 0.2) is 24.5 Å². The highest BCUT2D eigenvalue weighted by molar-refractivity contribution is 5.85. The Kier molecular flexibility index (Phi) is 5.58. The van der Waals surface area contributed by atoms with Crippen LogP contribution in [0.5, 0.6) is 0 Å². The maximum Gasteiger partial charge on any atom is 0.410 e. The van der Waals surface area contributed by atoms with Gasteiger partial charge in [-0.1, -0.05) is 6.07 Å². The number of nitrogens with zero attached hydrogens (tertiary/aromatic N) is 2. The van der Waals surface area contributed by atoms with Gasteiger partial charge in [-0.15, -0.1) is 0 Å². The normalized spacial score (nSPS) is 18.4. The fourth-order valence-corrected chi connectivity index (χ4v) is 2.55. The minimum Gasteiger partial charge on any atom is -0.444 e. The monoisotopic (exact) mass is 319 g/mol. The second-order valence-corrected chi connectivity index (χ2v) is 6.76. The second kappa shape index (κ2) is 7.44. The summed E-state index contributed by atoms with van der Waals surface area (Å²) < 4.78 is 5.42. The highest BCUT2D eigenvalue weighted by atomic mass is 16.6. The van der Waals surface area contributed by atoms with Crippen LogP contribution in [0.1, 0.15) is 45.6 Å². The molecule has 126 valence electrons. The molecule has 0 bridgehead atoms. The topological polar surface area (TPSA) is 71.5 Å². The lowest BCUT2D eigenvalue weighted by Gasteiger charge is -2.35. The Bertz CT molecular complexity index is 540. The average molecular weight is 319 g/mol. The number of pyridine rings is 1. The van der Waals surface area contributed by atoms with Gasteiger partial charge in [-0.3, -0.25) is 14.7 Å². The summed E-state index contributed by atoms with van der Waals surface area (Å²) >= 11 is 0. The van der Waals surface area contributed by atoms with Gasteiger partial charge in [-0.2, -0.15) is 0 Å². The van der Waals surface area contributed by atoms with Gasteiger partial charge < -0.3 is 10.1 Å². The van der Waals surface area contributed by atoms with Crippen molar-refractivity contribution in [2.75, 3.05) is 6.54 Å².